The molecular formula is C9H18N2O2. The minimum Gasteiger partial charge on any atom is -0.323 e. The largest absolute Gasteiger partial charge is 0.323 e. The fourth-order valence-corrected chi connectivity index (χ4v) is 1.53. The fraction of sp³-hybridized carbons (Fsp3) is 0.889. The first-order valence-corrected chi connectivity index (χ1v) is 4.86. The zero-order chi connectivity index (χ0) is 9.52. The number of hydrazone groups is 1. The van der Waals surface area contributed by atoms with Gasteiger partial charge in [-0.25, -0.2) is 9.78 Å². The maximum atomic E-state index is 5.20. The Bertz CT molecular complexity index is 161. The number of hydrogen-bond acceptors (Lipinski definition) is 4. The molecule has 0 heterocycles. The normalized spacial score (nSPS) is 23.2. The van der Waals surface area contributed by atoms with Crippen LogP contribution >= 0.6 is 0 Å². The summed E-state index contributed by atoms with van der Waals surface area (Å²) < 4.78 is 0. The lowest BCUT2D eigenvalue weighted by Gasteiger charge is -2.21. The lowest BCUT2D eigenvalue weighted by atomic mass is 9.89. The molecule has 0 amide bonds. The molecule has 0 unspecified atom stereocenters. The Morgan fingerprint density at radius 3 is 2.62 bits per heavy atom. The second-order valence-electron chi connectivity index (χ2n) is 3.33. The van der Waals surface area contributed by atoms with Gasteiger partial charge in [-0.2, -0.15) is 5.10 Å². The Balaban J connectivity index is 2.10. The van der Waals surface area contributed by atoms with Crippen LogP contribution in [0.2, 0.25) is 0 Å². The summed E-state index contributed by atoms with van der Waals surface area (Å²) in [7, 11) is 0. The van der Waals surface area contributed by atoms with E-state index in [1.807, 2.05) is 6.92 Å². The van der Waals surface area contributed by atoms with Crippen molar-refractivity contribution in [1.29, 1.82) is 0 Å². The summed E-state index contributed by atoms with van der Waals surface area (Å²) >= 11 is 0. The molecule has 0 aromatic heterocycles. The van der Waals surface area contributed by atoms with E-state index in [1.54, 1.807) is 0 Å². The Labute approximate surface area is 79.0 Å². The van der Waals surface area contributed by atoms with Crippen LogP contribution in [0, 0.1) is 5.92 Å². The molecule has 0 bridgehead atoms. The standard InChI is InChI=1S/C9H18N2O2/c1-2-12-13-7-8-3-5-9(11-10)6-4-8/h8H,2-7,10H2,1H3. The highest BCUT2D eigenvalue weighted by Crippen LogP contribution is 2.22. The maximum absolute atomic E-state index is 5.20. The van der Waals surface area contributed by atoms with E-state index in [1.165, 1.54) is 0 Å². The van der Waals surface area contributed by atoms with Crippen molar-refractivity contribution < 1.29 is 9.78 Å². The summed E-state index contributed by atoms with van der Waals surface area (Å²) in [5.74, 6) is 5.81. The fourth-order valence-electron chi connectivity index (χ4n) is 1.53. The van der Waals surface area contributed by atoms with Gasteiger partial charge in [0.05, 0.1) is 13.2 Å². The van der Waals surface area contributed by atoms with Crippen LogP contribution < -0.4 is 5.84 Å². The highest BCUT2D eigenvalue weighted by atomic mass is 17.2. The first-order valence-electron chi connectivity index (χ1n) is 4.86. The van der Waals surface area contributed by atoms with E-state index in [2.05, 4.69) is 5.10 Å². The molecule has 0 saturated heterocycles. The topological polar surface area (TPSA) is 56.8 Å². The second-order valence-corrected chi connectivity index (χ2v) is 3.33. The van der Waals surface area contributed by atoms with Crippen molar-refractivity contribution in [2.24, 2.45) is 16.9 Å². The summed E-state index contributed by atoms with van der Waals surface area (Å²) in [4.78, 5) is 9.85. The SMILES string of the molecule is CCOOCC1CCC(=NN)CC1. The molecule has 4 heteroatoms. The molecule has 0 radical (unpaired) electrons. The van der Waals surface area contributed by atoms with Crippen molar-refractivity contribution >= 4 is 5.71 Å². The van der Waals surface area contributed by atoms with Crippen LogP contribution in [0.15, 0.2) is 5.10 Å². The summed E-state index contributed by atoms with van der Waals surface area (Å²) in [6.45, 7) is 3.23. The van der Waals surface area contributed by atoms with Gasteiger partial charge in [0.2, 0.25) is 0 Å². The molecular weight excluding hydrogens is 168 g/mol. The highest BCUT2D eigenvalue weighted by molar-refractivity contribution is 5.84. The van der Waals surface area contributed by atoms with Crippen LogP contribution in [-0.2, 0) is 9.78 Å². The van der Waals surface area contributed by atoms with Crippen molar-refractivity contribution in [3.63, 3.8) is 0 Å². The van der Waals surface area contributed by atoms with Crippen LogP contribution in [0.5, 0.6) is 0 Å². The maximum Gasteiger partial charge on any atom is 0.0850 e. The van der Waals surface area contributed by atoms with Gasteiger partial charge in [-0.1, -0.05) is 0 Å². The van der Waals surface area contributed by atoms with Crippen molar-refractivity contribution in [1.82, 2.24) is 0 Å². The third-order valence-corrected chi connectivity index (χ3v) is 2.37. The van der Waals surface area contributed by atoms with Gasteiger partial charge in [0, 0.05) is 5.71 Å². The first-order chi connectivity index (χ1) is 6.36. The lowest BCUT2D eigenvalue weighted by molar-refractivity contribution is -0.298. The number of nitrogens with two attached hydrogens (primary N) is 1. The Morgan fingerprint density at radius 1 is 1.38 bits per heavy atom. The molecule has 0 atom stereocenters. The van der Waals surface area contributed by atoms with Crippen molar-refractivity contribution in [3.05, 3.63) is 0 Å². The molecule has 0 aromatic carbocycles. The minimum absolute atomic E-state index is 0.608. The lowest BCUT2D eigenvalue weighted by Crippen LogP contribution is -2.19. The van der Waals surface area contributed by atoms with E-state index in [-0.39, 0.29) is 0 Å². The molecule has 76 valence electrons. The smallest absolute Gasteiger partial charge is 0.0850 e. The number of rotatable bonds is 4. The first kappa shape index (κ1) is 10.5. The van der Waals surface area contributed by atoms with Gasteiger partial charge in [-0.15, -0.1) is 0 Å². The van der Waals surface area contributed by atoms with Gasteiger partial charge in [-0.3, -0.25) is 0 Å². The predicted octanol–water partition coefficient (Wildman–Crippen LogP) is 1.46. The van der Waals surface area contributed by atoms with E-state index >= 15 is 0 Å². The van der Waals surface area contributed by atoms with Gasteiger partial charge in [0.25, 0.3) is 0 Å². The van der Waals surface area contributed by atoms with Gasteiger partial charge >= 0.3 is 0 Å². The van der Waals surface area contributed by atoms with E-state index in [0.717, 1.165) is 31.4 Å². The van der Waals surface area contributed by atoms with Gasteiger partial charge in [0.15, 0.2) is 0 Å². The molecule has 4 nitrogen and oxygen atoms in total. The van der Waals surface area contributed by atoms with Crippen LogP contribution in [0.4, 0.5) is 0 Å². The molecule has 1 aliphatic carbocycles. The molecule has 1 saturated carbocycles. The van der Waals surface area contributed by atoms with Gasteiger partial charge < -0.3 is 5.84 Å². The van der Waals surface area contributed by atoms with Crippen molar-refractivity contribution in [2.75, 3.05) is 13.2 Å². The number of hydrogen-bond donors (Lipinski definition) is 1. The molecule has 1 rings (SSSR count). The third-order valence-electron chi connectivity index (χ3n) is 2.37. The Kier molecular flexibility index (Phi) is 4.78. The molecule has 0 aliphatic heterocycles. The van der Waals surface area contributed by atoms with Crippen molar-refractivity contribution in [3.8, 4) is 0 Å². The molecule has 0 aromatic rings. The van der Waals surface area contributed by atoms with Crippen molar-refractivity contribution in [2.45, 2.75) is 32.6 Å². The average Bonchev–Trinajstić information content (AvgIpc) is 2.19. The van der Waals surface area contributed by atoms with Crippen LogP contribution in [-0.4, -0.2) is 18.9 Å². The van der Waals surface area contributed by atoms with Gasteiger partial charge in [-0.05, 0) is 38.5 Å². The summed E-state index contributed by atoms with van der Waals surface area (Å²) in [5.41, 5.74) is 1.13. The quantitative estimate of drug-likeness (QED) is 0.313. The minimum atomic E-state index is 0.608. The zero-order valence-corrected chi connectivity index (χ0v) is 8.16. The molecule has 0 spiro atoms. The molecule has 1 aliphatic rings. The molecule has 1 fully saturated rings. The highest BCUT2D eigenvalue weighted by Gasteiger charge is 2.17. The van der Waals surface area contributed by atoms with E-state index in [9.17, 15) is 0 Å². The van der Waals surface area contributed by atoms with E-state index in [0.29, 0.717) is 19.1 Å². The van der Waals surface area contributed by atoms with E-state index in [4.69, 9.17) is 15.6 Å². The third kappa shape index (κ3) is 3.74. The number of nitrogens with zero attached hydrogens (tertiary/aromatic N) is 1. The van der Waals surface area contributed by atoms with Crippen LogP contribution in [0.1, 0.15) is 32.6 Å². The Morgan fingerprint density at radius 2 is 2.08 bits per heavy atom. The summed E-state index contributed by atoms with van der Waals surface area (Å²) in [6.07, 6.45) is 4.25. The van der Waals surface area contributed by atoms with E-state index < -0.39 is 0 Å². The predicted molar refractivity (Wildman–Crippen MR) is 51.2 cm³/mol. The molecule has 13 heavy (non-hydrogen) atoms. The van der Waals surface area contributed by atoms with Crippen LogP contribution in [0.25, 0.3) is 0 Å². The summed E-state index contributed by atoms with van der Waals surface area (Å²) in [6, 6.07) is 0. The van der Waals surface area contributed by atoms with Gasteiger partial charge in [0.1, 0.15) is 0 Å². The Hall–Kier alpha value is -0.610. The monoisotopic (exact) mass is 186 g/mol. The average molecular weight is 186 g/mol. The van der Waals surface area contributed by atoms with Crippen LogP contribution in [0.3, 0.4) is 0 Å². The summed E-state index contributed by atoms with van der Waals surface area (Å²) in [5, 5.41) is 3.72. The molecule has 2 N–H and O–H groups in total. The second kappa shape index (κ2) is 5.94. The zero-order valence-electron chi connectivity index (χ0n) is 8.16.